The molecular weight excluding hydrogens is 558 g/mol. The number of nitro benzene ring substituents is 1. The van der Waals surface area contributed by atoms with Crippen LogP contribution in [0.15, 0.2) is 54.6 Å². The van der Waals surface area contributed by atoms with Crippen molar-refractivity contribution >= 4 is 47.2 Å². The number of β-lactam (4-membered cyclic amide) rings is 1. The van der Waals surface area contributed by atoms with Crippen LogP contribution in [0, 0.1) is 10.1 Å². The fraction of sp³-hybridized carbons (Fsp3) is 0.346. The zero-order valence-corrected chi connectivity index (χ0v) is 22.8. The number of thioether (sulfide) groups is 1. The largest absolute Gasteiger partial charge is 0.459 e. The molecule has 2 saturated heterocycles. The number of alkyl carbamates (subject to hydrolysis) is 1. The minimum absolute atomic E-state index is 0.130. The van der Waals surface area contributed by atoms with Crippen molar-refractivity contribution in [1.82, 2.24) is 15.5 Å². The van der Waals surface area contributed by atoms with Gasteiger partial charge in [0.1, 0.15) is 36.7 Å². The number of benzene rings is 2. The van der Waals surface area contributed by atoms with Gasteiger partial charge in [0.25, 0.3) is 5.69 Å². The maximum atomic E-state index is 13.3. The molecule has 14 nitrogen and oxygen atoms in total. The van der Waals surface area contributed by atoms with Gasteiger partial charge >= 0.3 is 12.1 Å². The van der Waals surface area contributed by atoms with Crippen LogP contribution in [0.25, 0.3) is 0 Å². The number of fused-ring (bicyclic) bond motifs is 1. The zero-order valence-electron chi connectivity index (χ0n) is 22.0. The van der Waals surface area contributed by atoms with E-state index >= 15 is 0 Å². The van der Waals surface area contributed by atoms with Crippen molar-refractivity contribution in [2.45, 2.75) is 48.7 Å². The molecule has 0 unspecified atom stereocenters. The molecule has 216 valence electrons. The van der Waals surface area contributed by atoms with Crippen LogP contribution in [-0.2, 0) is 35.3 Å². The van der Waals surface area contributed by atoms with Gasteiger partial charge in [-0.1, -0.05) is 30.3 Å². The lowest BCUT2D eigenvalue weighted by Gasteiger charge is -2.44. The summed E-state index contributed by atoms with van der Waals surface area (Å²) in [7, 11) is 0. The molecule has 0 spiro atoms. The van der Waals surface area contributed by atoms with Crippen LogP contribution < -0.4 is 16.4 Å². The normalized spacial score (nSPS) is 23.4. The summed E-state index contributed by atoms with van der Waals surface area (Å²) in [6, 6.07) is 10.7. The Morgan fingerprint density at radius 2 is 1.78 bits per heavy atom. The molecule has 5 atom stereocenters. The van der Waals surface area contributed by atoms with Gasteiger partial charge in [0.2, 0.25) is 17.7 Å². The Kier molecular flexibility index (Phi) is 8.58. The first kappa shape index (κ1) is 29.5. The Balaban J connectivity index is 1.49. The molecule has 2 heterocycles. The number of nitrogens with one attached hydrogen (secondary N) is 2. The van der Waals surface area contributed by atoms with E-state index in [1.807, 2.05) is 5.32 Å². The predicted molar refractivity (Wildman–Crippen MR) is 144 cm³/mol. The van der Waals surface area contributed by atoms with E-state index in [0.717, 1.165) is 18.7 Å². The van der Waals surface area contributed by atoms with Gasteiger partial charge in [-0.2, -0.15) is 0 Å². The highest BCUT2D eigenvalue weighted by Gasteiger charge is 2.66. The molecule has 4 N–H and O–H groups in total. The monoisotopic (exact) mass is 585 g/mol. The maximum absolute atomic E-state index is 13.3. The summed E-state index contributed by atoms with van der Waals surface area (Å²) in [6.07, 6.45) is -1.03. The van der Waals surface area contributed by atoms with Crippen molar-refractivity contribution in [2.24, 2.45) is 5.73 Å². The number of hydrogen-bond donors (Lipinski definition) is 3. The van der Waals surface area contributed by atoms with Gasteiger partial charge in [-0.25, -0.2) is 9.59 Å². The minimum atomic E-state index is -1.22. The number of nitro groups is 1. The molecule has 2 aromatic carbocycles. The molecule has 4 amide bonds. The fourth-order valence-electron chi connectivity index (χ4n) is 4.52. The number of hydrogen-bond acceptors (Lipinski definition) is 11. The molecule has 0 aromatic heterocycles. The average Bonchev–Trinajstić information content (AvgIpc) is 3.23. The van der Waals surface area contributed by atoms with E-state index in [1.165, 1.54) is 29.2 Å². The quantitative estimate of drug-likeness (QED) is 0.165. The van der Waals surface area contributed by atoms with Gasteiger partial charge in [-0.15, -0.1) is 11.8 Å². The number of rotatable bonds is 9. The van der Waals surface area contributed by atoms with Crippen molar-refractivity contribution in [3.05, 3.63) is 75.8 Å². The second-order valence-electron chi connectivity index (χ2n) is 9.63. The standard InChI is InChI=1S/C26H27N5O9S/c1-14(32)28-25(36)40-13-26(2)20(24(35)39-12-15-8-10-17(11-9-15)31(37)38)30-22(34)19(23(30)41-26)29-21(33)18(27)16-6-4-3-5-7-16/h3-11,18-20,23H,12-13,27H2,1-2H3,(H,29,33)(H,28,32,36)/t18-,19-,20+,23-,26+/m1/s1. The van der Waals surface area contributed by atoms with Crippen LogP contribution in [-0.4, -0.2) is 68.4 Å². The van der Waals surface area contributed by atoms with Gasteiger partial charge in [0.15, 0.2) is 0 Å². The van der Waals surface area contributed by atoms with Crippen LogP contribution in [0.4, 0.5) is 10.5 Å². The number of non-ortho nitro benzene ring substituents is 1. The molecule has 4 rings (SSSR count). The van der Waals surface area contributed by atoms with Gasteiger partial charge in [-0.3, -0.25) is 29.8 Å². The minimum Gasteiger partial charge on any atom is -0.459 e. The summed E-state index contributed by atoms with van der Waals surface area (Å²) in [4.78, 5) is 74.2. The first-order valence-electron chi connectivity index (χ1n) is 12.4. The van der Waals surface area contributed by atoms with Crippen molar-refractivity contribution in [1.29, 1.82) is 0 Å². The lowest BCUT2D eigenvalue weighted by Crippen LogP contribution is -2.71. The van der Waals surface area contributed by atoms with E-state index in [9.17, 15) is 34.1 Å². The van der Waals surface area contributed by atoms with Crippen molar-refractivity contribution in [3.8, 4) is 0 Å². The molecule has 0 radical (unpaired) electrons. The number of nitrogens with zero attached hydrogens (tertiary/aromatic N) is 2. The number of esters is 1. The molecule has 15 heteroatoms. The summed E-state index contributed by atoms with van der Waals surface area (Å²) >= 11 is 1.13. The topological polar surface area (TPSA) is 200 Å². The summed E-state index contributed by atoms with van der Waals surface area (Å²) in [5.74, 6) is -2.59. The Bertz CT molecular complexity index is 1370. The molecule has 2 fully saturated rings. The third kappa shape index (κ3) is 6.30. The van der Waals surface area contributed by atoms with Crippen molar-refractivity contribution in [3.63, 3.8) is 0 Å². The third-order valence-corrected chi connectivity index (χ3v) is 8.21. The summed E-state index contributed by atoms with van der Waals surface area (Å²) < 4.78 is 9.42. The lowest BCUT2D eigenvalue weighted by atomic mass is 9.94. The third-order valence-electron chi connectivity index (χ3n) is 6.58. The highest BCUT2D eigenvalue weighted by atomic mass is 32.2. The number of carbonyl (C=O) groups excluding carboxylic acids is 5. The van der Waals surface area contributed by atoms with E-state index in [4.69, 9.17) is 15.2 Å². The molecule has 0 saturated carbocycles. The maximum Gasteiger partial charge on any atom is 0.413 e. The number of nitrogens with two attached hydrogens (primary N) is 1. The average molecular weight is 586 g/mol. The van der Waals surface area contributed by atoms with E-state index in [1.54, 1.807) is 37.3 Å². The lowest BCUT2D eigenvalue weighted by molar-refractivity contribution is -0.384. The SMILES string of the molecule is CC(=O)NC(=O)OC[C@]1(C)S[C@@H]2[C@H](NC(=O)[C@H](N)c3ccccc3)C(=O)N2[C@H]1C(=O)OCc1ccc([N+](=O)[O-])cc1. The molecule has 0 aliphatic carbocycles. The van der Waals surface area contributed by atoms with Crippen molar-refractivity contribution < 1.29 is 38.4 Å². The Labute approximate surface area is 238 Å². The Morgan fingerprint density at radius 1 is 1.12 bits per heavy atom. The van der Waals surface area contributed by atoms with E-state index < -0.39 is 63.0 Å². The molecule has 0 bridgehead atoms. The molecule has 2 aliphatic heterocycles. The number of ether oxygens (including phenoxy) is 2. The van der Waals surface area contributed by atoms with Gasteiger partial charge in [0, 0.05) is 19.1 Å². The predicted octanol–water partition coefficient (Wildman–Crippen LogP) is 1.14. The van der Waals surface area contributed by atoms with Crippen molar-refractivity contribution in [2.75, 3.05) is 6.61 Å². The molecular formula is C26H27N5O9S. The summed E-state index contributed by atoms with van der Waals surface area (Å²) in [6.45, 7) is 2.11. The van der Waals surface area contributed by atoms with Crippen LogP contribution in [0.2, 0.25) is 0 Å². The van der Waals surface area contributed by atoms with E-state index in [0.29, 0.717) is 11.1 Å². The first-order valence-corrected chi connectivity index (χ1v) is 13.2. The fourth-order valence-corrected chi connectivity index (χ4v) is 6.20. The van der Waals surface area contributed by atoms with Crippen LogP contribution in [0.3, 0.4) is 0 Å². The smallest absolute Gasteiger partial charge is 0.413 e. The Morgan fingerprint density at radius 3 is 2.39 bits per heavy atom. The second-order valence-corrected chi connectivity index (χ2v) is 11.3. The van der Waals surface area contributed by atoms with Gasteiger partial charge < -0.3 is 25.4 Å². The second kappa shape index (κ2) is 11.9. The molecule has 2 aliphatic rings. The highest BCUT2D eigenvalue weighted by Crippen LogP contribution is 2.51. The van der Waals surface area contributed by atoms with Crippen LogP contribution in [0.5, 0.6) is 0 Å². The van der Waals surface area contributed by atoms with E-state index in [2.05, 4.69) is 5.32 Å². The number of carbonyl (C=O) groups is 5. The first-order chi connectivity index (χ1) is 19.4. The Hall–Kier alpha value is -4.50. The van der Waals surface area contributed by atoms with Crippen LogP contribution in [0.1, 0.15) is 31.0 Å². The van der Waals surface area contributed by atoms with Crippen LogP contribution >= 0.6 is 11.8 Å². The number of imide groups is 1. The number of amides is 4. The summed E-state index contributed by atoms with van der Waals surface area (Å²) in [5.41, 5.74) is 6.96. The highest BCUT2D eigenvalue weighted by molar-refractivity contribution is 8.01. The summed E-state index contributed by atoms with van der Waals surface area (Å²) in [5, 5.41) is 14.8. The van der Waals surface area contributed by atoms with E-state index in [-0.39, 0.29) is 18.9 Å². The van der Waals surface area contributed by atoms with Gasteiger partial charge in [-0.05, 0) is 30.2 Å². The molecule has 41 heavy (non-hydrogen) atoms. The zero-order chi connectivity index (χ0) is 29.9. The van der Waals surface area contributed by atoms with Gasteiger partial charge in [0.05, 0.1) is 9.67 Å². The molecule has 2 aromatic rings.